The number of methoxy groups -OCH3 is 1. The average molecular weight is 489 g/mol. The Morgan fingerprint density at radius 3 is 2.64 bits per heavy atom. The summed E-state index contributed by atoms with van der Waals surface area (Å²) in [6, 6.07) is 14.3. The topological polar surface area (TPSA) is 105 Å². The van der Waals surface area contributed by atoms with Crippen molar-refractivity contribution in [2.24, 2.45) is 0 Å². The fourth-order valence-electron chi connectivity index (χ4n) is 3.01. The van der Waals surface area contributed by atoms with E-state index in [2.05, 4.69) is 15.6 Å². The lowest BCUT2D eigenvalue weighted by atomic mass is 10.2. The molecule has 10 heteroatoms. The SMILES string of the molecule is COCCn1c(NC(=O)/C=C/c2cc(Cl)ccc2Cl)c(NCc2ccccc2)c(=O)[nH]c1=O. The fraction of sp³-hybridized carbons (Fsp3) is 0.174. The molecule has 0 unspecified atom stereocenters. The number of amides is 1. The number of hydrogen-bond acceptors (Lipinski definition) is 5. The van der Waals surface area contributed by atoms with Crippen molar-refractivity contribution in [3.05, 3.63) is 96.6 Å². The maximum absolute atomic E-state index is 12.7. The Kier molecular flexibility index (Phi) is 8.48. The van der Waals surface area contributed by atoms with E-state index >= 15 is 0 Å². The third-order valence-electron chi connectivity index (χ3n) is 4.64. The molecule has 3 N–H and O–H groups in total. The number of H-pyrrole nitrogens is 1. The number of nitrogens with one attached hydrogen (secondary N) is 3. The van der Waals surface area contributed by atoms with E-state index < -0.39 is 17.2 Å². The van der Waals surface area contributed by atoms with E-state index in [1.807, 2.05) is 30.3 Å². The van der Waals surface area contributed by atoms with Crippen molar-refractivity contribution < 1.29 is 9.53 Å². The van der Waals surface area contributed by atoms with Gasteiger partial charge in [0.2, 0.25) is 5.91 Å². The molecule has 0 saturated carbocycles. The van der Waals surface area contributed by atoms with Gasteiger partial charge in [0.1, 0.15) is 11.5 Å². The maximum Gasteiger partial charge on any atom is 0.330 e. The van der Waals surface area contributed by atoms with E-state index in [1.54, 1.807) is 18.2 Å². The third kappa shape index (κ3) is 6.58. The minimum atomic E-state index is -0.667. The van der Waals surface area contributed by atoms with Gasteiger partial charge in [0.05, 0.1) is 13.2 Å². The van der Waals surface area contributed by atoms with Gasteiger partial charge in [0, 0.05) is 29.8 Å². The average Bonchev–Trinajstić information content (AvgIpc) is 2.79. The minimum Gasteiger partial charge on any atom is -0.383 e. The van der Waals surface area contributed by atoms with Crippen molar-refractivity contribution >= 4 is 46.7 Å². The van der Waals surface area contributed by atoms with Crippen LogP contribution in [0.1, 0.15) is 11.1 Å². The highest BCUT2D eigenvalue weighted by Crippen LogP contribution is 2.22. The molecule has 0 aliphatic heterocycles. The molecule has 0 atom stereocenters. The van der Waals surface area contributed by atoms with Gasteiger partial charge in [-0.05, 0) is 35.4 Å². The van der Waals surface area contributed by atoms with E-state index in [-0.39, 0.29) is 24.7 Å². The lowest BCUT2D eigenvalue weighted by Gasteiger charge is -2.17. The highest BCUT2D eigenvalue weighted by atomic mass is 35.5. The molecule has 0 aliphatic rings. The van der Waals surface area contributed by atoms with E-state index in [1.165, 1.54) is 23.8 Å². The number of aromatic amines is 1. The molecule has 0 saturated heterocycles. The van der Waals surface area contributed by atoms with Gasteiger partial charge in [-0.25, -0.2) is 4.79 Å². The van der Waals surface area contributed by atoms with Crippen molar-refractivity contribution in [1.29, 1.82) is 0 Å². The van der Waals surface area contributed by atoms with E-state index in [9.17, 15) is 14.4 Å². The molecular formula is C23H22Cl2N4O4. The van der Waals surface area contributed by atoms with Gasteiger partial charge in [-0.2, -0.15) is 0 Å². The second-order valence-corrected chi connectivity index (χ2v) is 7.80. The number of anilines is 2. The number of halogens is 2. The highest BCUT2D eigenvalue weighted by molar-refractivity contribution is 6.34. The number of carbonyl (C=O) groups is 1. The number of benzene rings is 2. The van der Waals surface area contributed by atoms with E-state index in [4.69, 9.17) is 27.9 Å². The summed E-state index contributed by atoms with van der Waals surface area (Å²) in [4.78, 5) is 40.0. The summed E-state index contributed by atoms with van der Waals surface area (Å²) in [6.07, 6.45) is 2.73. The van der Waals surface area contributed by atoms with Crippen molar-refractivity contribution in [3.63, 3.8) is 0 Å². The van der Waals surface area contributed by atoms with Crippen LogP contribution >= 0.6 is 23.2 Å². The predicted molar refractivity (Wildman–Crippen MR) is 131 cm³/mol. The van der Waals surface area contributed by atoms with Gasteiger partial charge in [0.15, 0.2) is 0 Å². The number of aromatic nitrogens is 2. The molecule has 33 heavy (non-hydrogen) atoms. The van der Waals surface area contributed by atoms with Gasteiger partial charge < -0.3 is 15.4 Å². The number of hydrogen-bond donors (Lipinski definition) is 3. The molecule has 0 spiro atoms. The molecule has 2 aromatic carbocycles. The van der Waals surface area contributed by atoms with Crippen LogP contribution in [0.3, 0.4) is 0 Å². The normalized spacial score (nSPS) is 11.0. The fourth-order valence-corrected chi connectivity index (χ4v) is 3.37. The van der Waals surface area contributed by atoms with Crippen molar-refractivity contribution in [2.75, 3.05) is 24.4 Å². The monoisotopic (exact) mass is 488 g/mol. The van der Waals surface area contributed by atoms with Crippen LogP contribution in [0.2, 0.25) is 10.0 Å². The van der Waals surface area contributed by atoms with Gasteiger partial charge in [-0.3, -0.25) is 19.1 Å². The zero-order valence-electron chi connectivity index (χ0n) is 17.7. The summed E-state index contributed by atoms with van der Waals surface area (Å²) < 4.78 is 6.30. The molecule has 1 heterocycles. The molecule has 0 aliphatic carbocycles. The Bertz CT molecular complexity index is 1270. The van der Waals surface area contributed by atoms with Crippen molar-refractivity contribution in [1.82, 2.24) is 9.55 Å². The van der Waals surface area contributed by atoms with E-state index in [0.29, 0.717) is 22.2 Å². The standard InChI is InChI=1S/C23H22Cl2N4O4/c1-33-12-11-29-21(27-19(30)10-7-16-13-17(24)8-9-18(16)25)20(22(31)28-23(29)32)26-14-15-5-3-2-4-6-15/h2-10,13,26H,11-12,14H2,1H3,(H,27,30)(H,28,31,32)/b10-7+. The van der Waals surface area contributed by atoms with Crippen LogP contribution in [0.25, 0.3) is 6.08 Å². The molecule has 172 valence electrons. The Hall–Kier alpha value is -3.33. The molecule has 3 rings (SSSR count). The molecule has 1 aromatic heterocycles. The number of ether oxygens (including phenoxy) is 1. The van der Waals surface area contributed by atoms with Crippen LogP contribution in [0, 0.1) is 0 Å². The maximum atomic E-state index is 12.7. The molecular weight excluding hydrogens is 467 g/mol. The molecule has 0 fully saturated rings. The number of rotatable bonds is 9. The summed E-state index contributed by atoms with van der Waals surface area (Å²) >= 11 is 12.1. The van der Waals surface area contributed by atoms with Crippen LogP contribution in [0.5, 0.6) is 0 Å². The first-order valence-corrected chi connectivity index (χ1v) is 10.7. The summed E-state index contributed by atoms with van der Waals surface area (Å²) in [5.74, 6) is -0.534. The number of nitrogens with zero attached hydrogens (tertiary/aromatic N) is 1. The quantitative estimate of drug-likeness (QED) is 0.397. The highest BCUT2D eigenvalue weighted by Gasteiger charge is 2.17. The van der Waals surface area contributed by atoms with Gasteiger partial charge in [0.25, 0.3) is 5.56 Å². The first-order chi connectivity index (χ1) is 15.9. The van der Waals surface area contributed by atoms with Gasteiger partial charge in [-0.1, -0.05) is 53.5 Å². The first-order valence-electron chi connectivity index (χ1n) is 9.97. The second-order valence-electron chi connectivity index (χ2n) is 6.95. The first kappa shape index (κ1) is 24.3. The van der Waals surface area contributed by atoms with Crippen molar-refractivity contribution in [3.8, 4) is 0 Å². The molecule has 8 nitrogen and oxygen atoms in total. The summed E-state index contributed by atoms with van der Waals surface area (Å²) in [6.45, 7) is 0.621. The lowest BCUT2D eigenvalue weighted by molar-refractivity contribution is -0.111. The zero-order chi connectivity index (χ0) is 23.8. The lowest BCUT2D eigenvalue weighted by Crippen LogP contribution is -2.36. The minimum absolute atomic E-state index is 0.0311. The number of carbonyl (C=O) groups excluding carboxylic acids is 1. The van der Waals surface area contributed by atoms with E-state index in [0.717, 1.165) is 5.56 Å². The van der Waals surface area contributed by atoms with Crippen LogP contribution in [0.15, 0.2) is 64.2 Å². The summed E-state index contributed by atoms with van der Waals surface area (Å²) in [7, 11) is 1.49. The zero-order valence-corrected chi connectivity index (χ0v) is 19.2. The Balaban J connectivity index is 1.93. The molecule has 1 amide bonds. The van der Waals surface area contributed by atoms with Gasteiger partial charge >= 0.3 is 5.69 Å². The van der Waals surface area contributed by atoms with Crippen LogP contribution < -0.4 is 21.9 Å². The largest absolute Gasteiger partial charge is 0.383 e. The second kappa shape index (κ2) is 11.5. The smallest absolute Gasteiger partial charge is 0.330 e. The summed E-state index contributed by atoms with van der Waals surface area (Å²) in [5, 5.41) is 6.54. The van der Waals surface area contributed by atoms with Crippen LogP contribution in [-0.2, 0) is 22.6 Å². The molecule has 0 radical (unpaired) electrons. The van der Waals surface area contributed by atoms with Crippen LogP contribution in [-0.4, -0.2) is 29.2 Å². The molecule has 3 aromatic rings. The Morgan fingerprint density at radius 2 is 1.91 bits per heavy atom. The predicted octanol–water partition coefficient (Wildman–Crippen LogP) is 3.75. The molecule has 0 bridgehead atoms. The Morgan fingerprint density at radius 1 is 1.15 bits per heavy atom. The van der Waals surface area contributed by atoms with Crippen LogP contribution in [0.4, 0.5) is 11.5 Å². The third-order valence-corrected chi connectivity index (χ3v) is 5.22. The summed E-state index contributed by atoms with van der Waals surface area (Å²) in [5.41, 5.74) is 0.196. The van der Waals surface area contributed by atoms with Gasteiger partial charge in [-0.15, -0.1) is 0 Å². The Labute approximate surface area is 199 Å². The van der Waals surface area contributed by atoms with Crippen molar-refractivity contribution in [2.45, 2.75) is 13.1 Å².